The minimum atomic E-state index is -3.68. The van der Waals surface area contributed by atoms with Crippen molar-refractivity contribution < 1.29 is 21.9 Å². The monoisotopic (exact) mass is 358 g/mol. The molecule has 0 amide bonds. The van der Waals surface area contributed by atoms with Gasteiger partial charge in [-0.25, -0.2) is 12.7 Å². The molecule has 0 aliphatic rings. The molecule has 0 radical (unpaired) electrons. The van der Waals surface area contributed by atoms with Crippen molar-refractivity contribution in [1.82, 2.24) is 8.87 Å². The van der Waals surface area contributed by atoms with Crippen LogP contribution < -0.4 is 10.3 Å². The normalized spacial score (nSPS) is 11.9. The summed E-state index contributed by atoms with van der Waals surface area (Å²) in [6.45, 7) is -2.92. The zero-order chi connectivity index (χ0) is 17.9. The van der Waals surface area contributed by atoms with Gasteiger partial charge in [0.25, 0.3) is 5.56 Å². The molecular weight excluding hydrogens is 342 g/mol. The van der Waals surface area contributed by atoms with Crippen molar-refractivity contribution >= 4 is 10.0 Å². The molecule has 1 aromatic carbocycles. The number of pyridine rings is 1. The average molecular weight is 358 g/mol. The van der Waals surface area contributed by atoms with Crippen molar-refractivity contribution in [3.8, 4) is 5.75 Å². The van der Waals surface area contributed by atoms with Crippen LogP contribution in [0, 0.1) is 0 Å². The van der Waals surface area contributed by atoms with E-state index in [1.807, 2.05) is 0 Å². The quantitative estimate of drug-likeness (QED) is 0.789. The summed E-state index contributed by atoms with van der Waals surface area (Å²) < 4.78 is 55.3. The second-order valence-electron chi connectivity index (χ2n) is 5.14. The molecule has 6 nitrogen and oxygen atoms in total. The first-order valence-electron chi connectivity index (χ1n) is 6.87. The van der Waals surface area contributed by atoms with E-state index in [1.165, 1.54) is 49.1 Å². The number of alkyl halides is 2. The van der Waals surface area contributed by atoms with Crippen molar-refractivity contribution in [1.29, 1.82) is 0 Å². The fourth-order valence-electron chi connectivity index (χ4n) is 2.01. The zero-order valence-electron chi connectivity index (χ0n) is 13.0. The van der Waals surface area contributed by atoms with Gasteiger partial charge in [-0.1, -0.05) is 12.1 Å². The summed E-state index contributed by atoms with van der Waals surface area (Å²) in [5.74, 6) is -0.0346. The summed E-state index contributed by atoms with van der Waals surface area (Å²) in [5.41, 5.74) is 0.113. The van der Waals surface area contributed by atoms with Gasteiger partial charge in [0, 0.05) is 26.4 Å². The van der Waals surface area contributed by atoms with Gasteiger partial charge in [0.15, 0.2) is 0 Å². The summed E-state index contributed by atoms with van der Waals surface area (Å²) in [5, 5.41) is 0. The Hall–Kier alpha value is -2.26. The summed E-state index contributed by atoms with van der Waals surface area (Å²) in [7, 11) is -0.913. The Balaban J connectivity index is 2.35. The first kappa shape index (κ1) is 18.1. The van der Waals surface area contributed by atoms with E-state index < -0.39 is 22.2 Å². The Morgan fingerprint density at radius 3 is 2.54 bits per heavy atom. The van der Waals surface area contributed by atoms with Gasteiger partial charge in [-0.15, -0.1) is 0 Å². The second-order valence-corrected chi connectivity index (χ2v) is 7.30. The van der Waals surface area contributed by atoms with Gasteiger partial charge in [-0.3, -0.25) is 4.79 Å². The van der Waals surface area contributed by atoms with Crippen LogP contribution >= 0.6 is 0 Å². The number of rotatable bonds is 6. The minimum absolute atomic E-state index is 0.0239. The van der Waals surface area contributed by atoms with Crippen LogP contribution in [0.25, 0.3) is 0 Å². The highest BCUT2D eigenvalue weighted by molar-refractivity contribution is 7.89. The van der Waals surface area contributed by atoms with E-state index in [4.69, 9.17) is 0 Å². The minimum Gasteiger partial charge on any atom is -0.435 e. The van der Waals surface area contributed by atoms with E-state index in [0.29, 0.717) is 5.56 Å². The van der Waals surface area contributed by atoms with Crippen LogP contribution in [0.4, 0.5) is 8.78 Å². The molecule has 1 aromatic heterocycles. The van der Waals surface area contributed by atoms with Crippen LogP contribution in [0.3, 0.4) is 0 Å². The largest absolute Gasteiger partial charge is 0.435 e. The van der Waals surface area contributed by atoms with Crippen molar-refractivity contribution in [2.45, 2.75) is 18.1 Å². The lowest BCUT2D eigenvalue weighted by atomic mass is 10.2. The number of hydrogen-bond acceptors (Lipinski definition) is 4. The molecule has 0 saturated carbocycles. The van der Waals surface area contributed by atoms with Crippen LogP contribution in [0.15, 0.2) is 52.3 Å². The number of sulfonamides is 1. The third kappa shape index (κ3) is 4.18. The van der Waals surface area contributed by atoms with Crippen LogP contribution in [-0.2, 0) is 16.6 Å². The average Bonchev–Trinajstić information content (AvgIpc) is 2.49. The molecule has 0 aliphatic heterocycles. The molecule has 24 heavy (non-hydrogen) atoms. The highest BCUT2D eigenvalue weighted by Gasteiger charge is 2.18. The first-order chi connectivity index (χ1) is 11.2. The highest BCUT2D eigenvalue weighted by Crippen LogP contribution is 2.17. The number of benzene rings is 1. The van der Waals surface area contributed by atoms with E-state index in [-0.39, 0.29) is 17.2 Å². The molecule has 0 N–H and O–H groups in total. The fraction of sp³-hybridized carbons (Fsp3) is 0.267. The number of aromatic nitrogens is 1. The third-order valence-corrected chi connectivity index (χ3v) is 5.01. The maximum absolute atomic E-state index is 12.3. The Labute approximate surface area is 138 Å². The molecule has 2 rings (SSSR count). The third-order valence-electron chi connectivity index (χ3n) is 3.21. The Kier molecular flexibility index (Phi) is 5.35. The maximum Gasteiger partial charge on any atom is 0.387 e. The van der Waals surface area contributed by atoms with Crippen LogP contribution in [0.2, 0.25) is 0 Å². The van der Waals surface area contributed by atoms with E-state index in [0.717, 1.165) is 10.4 Å². The molecule has 0 saturated heterocycles. The molecule has 0 unspecified atom stereocenters. The van der Waals surface area contributed by atoms with Crippen molar-refractivity contribution in [3.05, 3.63) is 58.5 Å². The number of nitrogens with zero attached hydrogens (tertiary/aromatic N) is 2. The molecule has 0 atom stereocenters. The van der Waals surface area contributed by atoms with Gasteiger partial charge in [0.05, 0.1) is 11.4 Å². The molecule has 130 valence electrons. The summed E-state index contributed by atoms with van der Waals surface area (Å²) in [6, 6.07) is 8.24. The van der Waals surface area contributed by atoms with Crippen LogP contribution in [0.1, 0.15) is 5.56 Å². The van der Waals surface area contributed by atoms with E-state index in [2.05, 4.69) is 4.74 Å². The van der Waals surface area contributed by atoms with Gasteiger partial charge in [0.2, 0.25) is 10.0 Å². The maximum atomic E-state index is 12.3. The second kappa shape index (κ2) is 7.10. The molecule has 0 fully saturated rings. The van der Waals surface area contributed by atoms with Gasteiger partial charge in [0.1, 0.15) is 5.75 Å². The number of ether oxygens (including phenoxy) is 1. The van der Waals surface area contributed by atoms with E-state index in [9.17, 15) is 22.0 Å². The fourth-order valence-corrected chi connectivity index (χ4v) is 2.94. The van der Waals surface area contributed by atoms with E-state index >= 15 is 0 Å². The van der Waals surface area contributed by atoms with Gasteiger partial charge in [-0.2, -0.15) is 8.78 Å². The van der Waals surface area contributed by atoms with Crippen LogP contribution in [0.5, 0.6) is 5.75 Å². The molecule has 0 bridgehead atoms. The highest BCUT2D eigenvalue weighted by atomic mass is 32.2. The van der Waals surface area contributed by atoms with Crippen molar-refractivity contribution in [2.75, 3.05) is 14.1 Å². The summed E-state index contributed by atoms with van der Waals surface area (Å²) >= 11 is 0. The Bertz CT molecular complexity index is 879. The number of halogens is 2. The first-order valence-corrected chi connectivity index (χ1v) is 8.31. The Morgan fingerprint density at radius 1 is 1.21 bits per heavy atom. The Morgan fingerprint density at radius 2 is 1.92 bits per heavy atom. The standard InChI is InChI=1S/C15H16F2N2O4S/c1-18(2)24(21,22)13-6-7-14(20)19(10-13)9-11-4-3-5-12(8-11)23-15(16)17/h3-8,10,15H,9H2,1-2H3. The van der Waals surface area contributed by atoms with Crippen molar-refractivity contribution in [3.63, 3.8) is 0 Å². The smallest absolute Gasteiger partial charge is 0.387 e. The van der Waals surface area contributed by atoms with Crippen molar-refractivity contribution in [2.24, 2.45) is 0 Å². The predicted octanol–water partition coefficient (Wildman–Crippen LogP) is 1.75. The lowest BCUT2D eigenvalue weighted by Gasteiger charge is -2.13. The molecule has 1 heterocycles. The van der Waals surface area contributed by atoms with Gasteiger partial charge >= 0.3 is 6.61 Å². The lowest BCUT2D eigenvalue weighted by molar-refractivity contribution is -0.0498. The molecular formula is C15H16F2N2O4S. The van der Waals surface area contributed by atoms with Gasteiger partial charge < -0.3 is 9.30 Å². The predicted molar refractivity (Wildman–Crippen MR) is 83.8 cm³/mol. The van der Waals surface area contributed by atoms with Gasteiger partial charge in [-0.05, 0) is 23.8 Å². The summed E-state index contributed by atoms with van der Waals surface area (Å²) in [4.78, 5) is 11.9. The van der Waals surface area contributed by atoms with E-state index in [1.54, 1.807) is 6.07 Å². The molecule has 0 spiro atoms. The topological polar surface area (TPSA) is 68.6 Å². The van der Waals surface area contributed by atoms with Crippen LogP contribution in [-0.4, -0.2) is 38.0 Å². The molecule has 0 aliphatic carbocycles. The number of hydrogen-bond donors (Lipinski definition) is 0. The lowest BCUT2D eigenvalue weighted by Crippen LogP contribution is -2.26. The summed E-state index contributed by atoms with van der Waals surface area (Å²) in [6.07, 6.45) is 1.22. The zero-order valence-corrected chi connectivity index (χ0v) is 13.8. The molecule has 2 aromatic rings. The SMILES string of the molecule is CN(C)S(=O)(=O)c1ccc(=O)n(Cc2cccc(OC(F)F)c2)c1. The molecule has 9 heteroatoms.